The van der Waals surface area contributed by atoms with Crippen LogP contribution in [0.2, 0.25) is 0 Å². The highest BCUT2D eigenvalue weighted by atomic mass is 16.2. The number of benzene rings is 2. The van der Waals surface area contributed by atoms with E-state index in [1.807, 2.05) is 43.1 Å². The maximum Gasteiger partial charge on any atom is 0.255 e. The van der Waals surface area contributed by atoms with Crippen molar-refractivity contribution >= 4 is 11.6 Å². The molecule has 1 aliphatic rings. The molecule has 0 unspecified atom stereocenters. The molecular weight excluding hydrogens is 408 g/mol. The molecule has 0 bridgehead atoms. The fourth-order valence-electron chi connectivity index (χ4n) is 4.68. The third-order valence-electron chi connectivity index (χ3n) is 6.93. The minimum Gasteiger partial charge on any atom is -0.369 e. The number of carbonyl (C=O) groups is 1. The fourth-order valence-corrected chi connectivity index (χ4v) is 4.68. The maximum atomic E-state index is 13.0. The van der Waals surface area contributed by atoms with Gasteiger partial charge in [0, 0.05) is 56.8 Å². The van der Waals surface area contributed by atoms with E-state index in [-0.39, 0.29) is 5.91 Å². The highest BCUT2D eigenvalue weighted by Crippen LogP contribution is 2.24. The van der Waals surface area contributed by atoms with Crippen molar-refractivity contribution in [2.24, 2.45) is 0 Å². The minimum atomic E-state index is 0.0886. The highest BCUT2D eigenvalue weighted by Gasteiger charge is 2.20. The van der Waals surface area contributed by atoms with Gasteiger partial charge in [-0.1, -0.05) is 42.5 Å². The number of nitrogens with one attached hydrogen (secondary N) is 1. The Morgan fingerprint density at radius 2 is 1.70 bits per heavy atom. The topological polar surface area (TPSA) is 42.6 Å². The number of aromatic amines is 1. The Hall–Kier alpha value is -3.05. The summed E-state index contributed by atoms with van der Waals surface area (Å²) >= 11 is 0. The summed E-state index contributed by atoms with van der Waals surface area (Å²) < 4.78 is 0. The molecule has 1 aliphatic heterocycles. The van der Waals surface area contributed by atoms with Gasteiger partial charge >= 0.3 is 0 Å². The first-order valence-electron chi connectivity index (χ1n) is 12.0. The molecule has 33 heavy (non-hydrogen) atoms. The van der Waals surface area contributed by atoms with Gasteiger partial charge in [-0.25, -0.2) is 0 Å². The van der Waals surface area contributed by atoms with Crippen molar-refractivity contribution in [3.8, 4) is 11.3 Å². The molecule has 5 heteroatoms. The van der Waals surface area contributed by atoms with Crippen LogP contribution >= 0.6 is 0 Å². The molecule has 1 aromatic heterocycles. The predicted molar refractivity (Wildman–Crippen MR) is 137 cm³/mol. The van der Waals surface area contributed by atoms with Crippen LogP contribution in [0.1, 0.15) is 33.6 Å². The Kier molecular flexibility index (Phi) is 7.19. The molecule has 0 spiro atoms. The molecule has 1 fully saturated rings. The number of carbonyl (C=O) groups excluding carboxylic acids is 1. The number of hydrogen-bond acceptors (Lipinski definition) is 3. The number of amides is 1. The largest absolute Gasteiger partial charge is 0.369 e. The summed E-state index contributed by atoms with van der Waals surface area (Å²) in [6, 6.07) is 18.7. The van der Waals surface area contributed by atoms with Crippen molar-refractivity contribution in [2.45, 2.75) is 27.2 Å². The minimum absolute atomic E-state index is 0.0886. The highest BCUT2D eigenvalue weighted by molar-refractivity contribution is 5.96. The van der Waals surface area contributed by atoms with E-state index in [1.54, 1.807) is 0 Å². The van der Waals surface area contributed by atoms with E-state index in [4.69, 9.17) is 0 Å². The first-order valence-corrected chi connectivity index (χ1v) is 12.0. The maximum absolute atomic E-state index is 13.0. The summed E-state index contributed by atoms with van der Waals surface area (Å²) in [4.78, 5) is 23.3. The van der Waals surface area contributed by atoms with Gasteiger partial charge in [-0.05, 0) is 62.6 Å². The molecule has 4 rings (SSSR count). The van der Waals surface area contributed by atoms with E-state index in [1.165, 1.54) is 16.8 Å². The van der Waals surface area contributed by atoms with E-state index >= 15 is 0 Å². The van der Waals surface area contributed by atoms with Crippen molar-refractivity contribution in [3.05, 3.63) is 77.0 Å². The third kappa shape index (κ3) is 5.31. The zero-order valence-corrected chi connectivity index (χ0v) is 20.4. The summed E-state index contributed by atoms with van der Waals surface area (Å²) in [5.41, 5.74) is 7.90. The Morgan fingerprint density at radius 3 is 2.42 bits per heavy atom. The molecule has 5 nitrogen and oxygen atoms in total. The van der Waals surface area contributed by atoms with Crippen molar-refractivity contribution in [1.82, 2.24) is 14.8 Å². The number of rotatable bonds is 7. The quantitative estimate of drug-likeness (QED) is 0.564. The molecule has 0 radical (unpaired) electrons. The first-order chi connectivity index (χ1) is 15.9. The zero-order chi connectivity index (χ0) is 23.4. The zero-order valence-electron chi connectivity index (χ0n) is 20.4. The number of piperazine rings is 1. The molecule has 174 valence electrons. The Balaban J connectivity index is 1.25. The summed E-state index contributed by atoms with van der Waals surface area (Å²) in [5.74, 6) is 0.0886. The van der Waals surface area contributed by atoms with Gasteiger partial charge in [-0.3, -0.25) is 9.69 Å². The molecule has 0 saturated carbocycles. The molecule has 1 amide bonds. The molecule has 2 heterocycles. The van der Waals surface area contributed by atoms with E-state index in [9.17, 15) is 4.79 Å². The lowest BCUT2D eigenvalue weighted by Crippen LogP contribution is -2.47. The third-order valence-corrected chi connectivity index (χ3v) is 6.93. The predicted octanol–water partition coefficient (Wildman–Crippen LogP) is 4.89. The summed E-state index contributed by atoms with van der Waals surface area (Å²) in [7, 11) is 1.91. The van der Waals surface area contributed by atoms with Gasteiger partial charge < -0.3 is 14.8 Å². The van der Waals surface area contributed by atoms with E-state index in [0.29, 0.717) is 0 Å². The van der Waals surface area contributed by atoms with Gasteiger partial charge in [0.25, 0.3) is 5.91 Å². The molecule has 1 saturated heterocycles. The molecule has 0 atom stereocenters. The normalized spacial score (nSPS) is 14.5. The van der Waals surface area contributed by atoms with Crippen molar-refractivity contribution < 1.29 is 4.79 Å². The van der Waals surface area contributed by atoms with Crippen LogP contribution in [0.4, 0.5) is 5.69 Å². The van der Waals surface area contributed by atoms with Gasteiger partial charge in [0.05, 0.1) is 5.56 Å². The van der Waals surface area contributed by atoms with Crippen LogP contribution in [0, 0.1) is 20.8 Å². The molecule has 3 aromatic rings. The van der Waals surface area contributed by atoms with Crippen LogP contribution in [0.15, 0.2) is 54.6 Å². The Morgan fingerprint density at radius 1 is 0.970 bits per heavy atom. The van der Waals surface area contributed by atoms with E-state index in [2.05, 4.69) is 59.0 Å². The number of hydrogen-bond donors (Lipinski definition) is 1. The Labute approximate surface area is 198 Å². The van der Waals surface area contributed by atoms with Gasteiger partial charge in [0.2, 0.25) is 0 Å². The standard InChI is InChI=1S/C28H36N4O/c1-21-10-8-13-27(22(21)2)32-18-16-31(17-19-32)15-9-14-30(4)28(33)25-20-26(29-23(25)3)24-11-6-5-7-12-24/h5-8,10-13,20,29H,9,14-19H2,1-4H3. The SMILES string of the molecule is Cc1cccc(N2CCN(CCCN(C)C(=O)c3cc(-c4ccccc4)[nH]c3C)CC2)c1C. The van der Waals surface area contributed by atoms with E-state index in [0.717, 1.165) is 68.2 Å². The number of H-pyrrole nitrogens is 1. The summed E-state index contributed by atoms with van der Waals surface area (Å²) in [6.07, 6.45) is 0.987. The van der Waals surface area contributed by atoms with Crippen LogP contribution < -0.4 is 4.90 Å². The van der Waals surface area contributed by atoms with Crippen LogP contribution in [0.5, 0.6) is 0 Å². The van der Waals surface area contributed by atoms with Crippen LogP contribution in [-0.2, 0) is 0 Å². The van der Waals surface area contributed by atoms with Gasteiger partial charge in [-0.2, -0.15) is 0 Å². The number of aryl methyl sites for hydroxylation is 2. The van der Waals surface area contributed by atoms with Gasteiger partial charge in [0.15, 0.2) is 0 Å². The van der Waals surface area contributed by atoms with Gasteiger partial charge in [-0.15, -0.1) is 0 Å². The number of anilines is 1. The van der Waals surface area contributed by atoms with Crippen molar-refractivity contribution in [1.29, 1.82) is 0 Å². The smallest absolute Gasteiger partial charge is 0.255 e. The summed E-state index contributed by atoms with van der Waals surface area (Å²) in [5, 5.41) is 0. The number of aromatic nitrogens is 1. The monoisotopic (exact) mass is 444 g/mol. The molecular formula is C28H36N4O. The lowest BCUT2D eigenvalue weighted by Gasteiger charge is -2.37. The average Bonchev–Trinajstić information content (AvgIpc) is 3.23. The Bertz CT molecular complexity index is 1080. The second-order valence-corrected chi connectivity index (χ2v) is 9.22. The average molecular weight is 445 g/mol. The van der Waals surface area contributed by atoms with Crippen molar-refractivity contribution in [3.63, 3.8) is 0 Å². The fraction of sp³-hybridized carbons (Fsp3) is 0.393. The lowest BCUT2D eigenvalue weighted by molar-refractivity contribution is 0.0787. The van der Waals surface area contributed by atoms with Gasteiger partial charge in [0.1, 0.15) is 0 Å². The lowest BCUT2D eigenvalue weighted by atomic mass is 10.1. The van der Waals surface area contributed by atoms with E-state index < -0.39 is 0 Å². The van der Waals surface area contributed by atoms with Crippen LogP contribution in [-0.4, -0.2) is 67.0 Å². The second-order valence-electron chi connectivity index (χ2n) is 9.22. The second kappa shape index (κ2) is 10.3. The first kappa shape index (κ1) is 23.1. The van der Waals surface area contributed by atoms with Crippen molar-refractivity contribution in [2.75, 3.05) is 51.2 Å². The molecule has 0 aliphatic carbocycles. The summed E-state index contributed by atoms with van der Waals surface area (Å²) in [6.45, 7) is 12.4. The van der Waals surface area contributed by atoms with Crippen LogP contribution in [0.25, 0.3) is 11.3 Å². The molecule has 2 aromatic carbocycles. The molecule has 1 N–H and O–H groups in total. The van der Waals surface area contributed by atoms with Crippen LogP contribution in [0.3, 0.4) is 0 Å². The number of nitrogens with zero attached hydrogens (tertiary/aromatic N) is 3.